The Morgan fingerprint density at radius 2 is 1.85 bits per heavy atom. The molecule has 1 amide bonds. The molecule has 2 aromatic heterocycles. The second-order valence-corrected chi connectivity index (χ2v) is 5.71. The molecule has 26 heavy (non-hydrogen) atoms. The van der Waals surface area contributed by atoms with Crippen LogP contribution in [0.15, 0.2) is 70.0 Å². The summed E-state index contributed by atoms with van der Waals surface area (Å²) in [7, 11) is 1.71. The molecule has 7 heteroatoms. The van der Waals surface area contributed by atoms with Gasteiger partial charge in [-0.15, -0.1) is 5.10 Å². The molecular formula is C19H14N4O3. The minimum Gasteiger partial charge on any atom is -0.388 e. The first kappa shape index (κ1) is 15.8. The maximum absolute atomic E-state index is 12.8. The Morgan fingerprint density at radius 3 is 2.58 bits per heavy atom. The van der Waals surface area contributed by atoms with Gasteiger partial charge in [0, 0.05) is 29.8 Å². The fourth-order valence-electron chi connectivity index (χ4n) is 2.77. The van der Waals surface area contributed by atoms with Crippen LogP contribution in [0.1, 0.15) is 10.4 Å². The molecule has 4 aromatic rings. The van der Waals surface area contributed by atoms with Crippen LogP contribution in [0, 0.1) is 0 Å². The van der Waals surface area contributed by atoms with Crippen LogP contribution in [0.25, 0.3) is 22.4 Å². The zero-order valence-electron chi connectivity index (χ0n) is 13.8. The number of carbonyl (C=O) groups excluding carboxylic acids is 1. The summed E-state index contributed by atoms with van der Waals surface area (Å²) in [5, 5.41) is 6.94. The van der Waals surface area contributed by atoms with Crippen LogP contribution in [-0.2, 0) is 0 Å². The van der Waals surface area contributed by atoms with E-state index < -0.39 is 5.76 Å². The first-order valence-electron chi connectivity index (χ1n) is 7.91. The minimum atomic E-state index is -0.622. The highest BCUT2D eigenvalue weighted by atomic mass is 16.4. The van der Waals surface area contributed by atoms with Gasteiger partial charge >= 0.3 is 5.76 Å². The van der Waals surface area contributed by atoms with Crippen molar-refractivity contribution in [2.24, 2.45) is 0 Å². The molecule has 0 spiro atoms. The summed E-state index contributed by atoms with van der Waals surface area (Å²) in [6.45, 7) is 0. The fourth-order valence-corrected chi connectivity index (χ4v) is 2.77. The maximum Gasteiger partial charge on any atom is 0.434 e. The Labute approximate surface area is 147 Å². The summed E-state index contributed by atoms with van der Waals surface area (Å²) in [5.74, 6) is -0.609. The fraction of sp³-hybridized carbons (Fsp3) is 0.0526. The molecule has 0 saturated heterocycles. The maximum atomic E-state index is 12.8. The molecule has 2 heterocycles. The smallest absolute Gasteiger partial charge is 0.388 e. The predicted octanol–water partition coefficient (Wildman–Crippen LogP) is 2.85. The lowest BCUT2D eigenvalue weighted by Crippen LogP contribution is -2.26. The molecule has 0 unspecified atom stereocenters. The second-order valence-electron chi connectivity index (χ2n) is 5.71. The molecule has 0 saturated carbocycles. The molecule has 1 N–H and O–H groups in total. The third-order valence-electron chi connectivity index (χ3n) is 4.09. The van der Waals surface area contributed by atoms with Crippen molar-refractivity contribution in [3.8, 4) is 11.5 Å². The van der Waals surface area contributed by atoms with Gasteiger partial charge < -0.3 is 9.32 Å². The number of hydrogen-bond donors (Lipinski definition) is 1. The Hall–Kier alpha value is -3.74. The number of anilines is 1. The summed E-state index contributed by atoms with van der Waals surface area (Å²) < 4.78 is 4.91. The number of pyridine rings is 1. The largest absolute Gasteiger partial charge is 0.434 e. The number of benzene rings is 2. The first-order chi connectivity index (χ1) is 12.6. The van der Waals surface area contributed by atoms with Crippen LogP contribution in [-0.4, -0.2) is 28.1 Å². The number of aromatic amines is 1. The van der Waals surface area contributed by atoms with E-state index in [-0.39, 0.29) is 11.8 Å². The predicted molar refractivity (Wildman–Crippen MR) is 97.0 cm³/mol. The van der Waals surface area contributed by atoms with Gasteiger partial charge in [-0.3, -0.25) is 9.78 Å². The summed E-state index contributed by atoms with van der Waals surface area (Å²) in [5.41, 5.74) is 2.60. The van der Waals surface area contributed by atoms with Crippen LogP contribution in [0.3, 0.4) is 0 Å². The topological polar surface area (TPSA) is 92.1 Å². The first-order valence-corrected chi connectivity index (χ1v) is 7.91. The van der Waals surface area contributed by atoms with E-state index >= 15 is 0 Å². The van der Waals surface area contributed by atoms with Crippen molar-refractivity contribution in [1.82, 2.24) is 15.2 Å². The van der Waals surface area contributed by atoms with E-state index in [9.17, 15) is 9.59 Å². The lowest BCUT2D eigenvalue weighted by atomic mass is 10.1. The molecule has 2 aromatic carbocycles. The van der Waals surface area contributed by atoms with Gasteiger partial charge in [-0.2, -0.15) is 0 Å². The summed E-state index contributed by atoms with van der Waals surface area (Å²) >= 11 is 0. The van der Waals surface area contributed by atoms with E-state index in [1.807, 2.05) is 30.3 Å². The molecule has 0 aliphatic carbocycles. The average molecular weight is 346 g/mol. The van der Waals surface area contributed by atoms with Crippen LogP contribution in [0.2, 0.25) is 0 Å². The lowest BCUT2D eigenvalue weighted by Gasteiger charge is -2.19. The number of amides is 1. The molecule has 7 nitrogen and oxygen atoms in total. The quantitative estimate of drug-likeness (QED) is 0.616. The summed E-state index contributed by atoms with van der Waals surface area (Å²) in [6, 6.07) is 16.2. The number of aromatic nitrogens is 3. The van der Waals surface area contributed by atoms with Gasteiger partial charge in [-0.05, 0) is 36.4 Å². The molecule has 4 rings (SSSR count). The van der Waals surface area contributed by atoms with Crippen molar-refractivity contribution in [3.63, 3.8) is 0 Å². The van der Waals surface area contributed by atoms with E-state index in [2.05, 4.69) is 15.2 Å². The Morgan fingerprint density at radius 1 is 1.08 bits per heavy atom. The van der Waals surface area contributed by atoms with Gasteiger partial charge in [0.2, 0.25) is 5.89 Å². The average Bonchev–Trinajstić information content (AvgIpc) is 3.13. The number of nitrogens with one attached hydrogen (secondary N) is 1. The number of para-hydroxylation sites is 1. The monoisotopic (exact) mass is 346 g/mol. The molecule has 0 fully saturated rings. The number of hydrogen-bond acceptors (Lipinski definition) is 5. The SMILES string of the molecule is CN(C(=O)c1ccc(-c2n[nH]c(=O)o2)cc1)c1cccc2cccnc12. The van der Waals surface area contributed by atoms with Gasteiger partial charge in [0.15, 0.2) is 0 Å². The Bertz CT molecular complexity index is 1140. The van der Waals surface area contributed by atoms with Crippen molar-refractivity contribution in [2.45, 2.75) is 0 Å². The third-order valence-corrected chi connectivity index (χ3v) is 4.09. The highest BCUT2D eigenvalue weighted by Gasteiger charge is 2.16. The summed E-state index contributed by atoms with van der Waals surface area (Å²) in [6.07, 6.45) is 1.70. The van der Waals surface area contributed by atoms with E-state index in [1.54, 1.807) is 42.4 Å². The van der Waals surface area contributed by atoms with Crippen LogP contribution < -0.4 is 10.7 Å². The van der Waals surface area contributed by atoms with Crippen LogP contribution >= 0.6 is 0 Å². The van der Waals surface area contributed by atoms with Gasteiger partial charge in [0.05, 0.1) is 11.2 Å². The number of carbonyl (C=O) groups is 1. The number of nitrogens with zero attached hydrogens (tertiary/aromatic N) is 3. The van der Waals surface area contributed by atoms with Crippen molar-refractivity contribution in [3.05, 3.63) is 76.9 Å². The van der Waals surface area contributed by atoms with Gasteiger partial charge in [0.25, 0.3) is 5.91 Å². The van der Waals surface area contributed by atoms with Crippen molar-refractivity contribution < 1.29 is 9.21 Å². The third kappa shape index (κ3) is 2.75. The standard InChI is InChI=1S/C19H14N4O3/c1-23(15-6-2-4-12-5-3-11-20-16(12)15)18(24)14-9-7-13(8-10-14)17-21-22-19(25)26-17/h2-11H,1H3,(H,22,25). The second kappa shape index (κ2) is 6.29. The normalized spacial score (nSPS) is 10.8. The zero-order valence-corrected chi connectivity index (χ0v) is 13.8. The van der Waals surface area contributed by atoms with E-state index in [0.29, 0.717) is 11.1 Å². The molecule has 0 aliphatic rings. The van der Waals surface area contributed by atoms with E-state index in [4.69, 9.17) is 4.42 Å². The minimum absolute atomic E-state index is 0.168. The van der Waals surface area contributed by atoms with Gasteiger partial charge in [-0.1, -0.05) is 18.2 Å². The Balaban J connectivity index is 1.65. The van der Waals surface area contributed by atoms with Crippen molar-refractivity contribution in [2.75, 3.05) is 11.9 Å². The highest BCUT2D eigenvalue weighted by molar-refractivity contribution is 6.09. The van der Waals surface area contributed by atoms with Gasteiger partial charge in [-0.25, -0.2) is 9.89 Å². The molecule has 128 valence electrons. The van der Waals surface area contributed by atoms with Crippen molar-refractivity contribution >= 4 is 22.5 Å². The van der Waals surface area contributed by atoms with Gasteiger partial charge in [0.1, 0.15) is 0 Å². The summed E-state index contributed by atoms with van der Waals surface area (Å²) in [4.78, 5) is 29.8. The van der Waals surface area contributed by atoms with Crippen LogP contribution in [0.5, 0.6) is 0 Å². The van der Waals surface area contributed by atoms with Crippen LogP contribution in [0.4, 0.5) is 5.69 Å². The number of rotatable bonds is 3. The highest BCUT2D eigenvalue weighted by Crippen LogP contribution is 2.25. The number of fused-ring (bicyclic) bond motifs is 1. The molecular weight excluding hydrogens is 332 g/mol. The van der Waals surface area contributed by atoms with E-state index in [1.165, 1.54) is 0 Å². The zero-order chi connectivity index (χ0) is 18.1. The molecule has 0 radical (unpaired) electrons. The molecule has 0 bridgehead atoms. The van der Waals surface area contributed by atoms with E-state index in [0.717, 1.165) is 16.6 Å². The molecule has 0 aliphatic heterocycles. The molecule has 0 atom stereocenters. The number of H-pyrrole nitrogens is 1. The lowest BCUT2D eigenvalue weighted by molar-refractivity contribution is 0.0993. The Kier molecular flexibility index (Phi) is 3.81. The van der Waals surface area contributed by atoms with Crippen molar-refractivity contribution in [1.29, 1.82) is 0 Å².